The number of imidazole rings is 1. The van der Waals surface area contributed by atoms with Crippen molar-refractivity contribution in [3.63, 3.8) is 0 Å². The predicted molar refractivity (Wildman–Crippen MR) is 66.5 cm³/mol. The molecule has 3 aromatic rings. The number of aromatic nitrogens is 3. The average molecular weight is 241 g/mol. The first-order valence-corrected chi connectivity index (χ1v) is 5.48. The summed E-state index contributed by atoms with van der Waals surface area (Å²) in [5.41, 5.74) is 2.74. The van der Waals surface area contributed by atoms with Gasteiger partial charge in [0, 0.05) is 11.8 Å². The van der Waals surface area contributed by atoms with Crippen molar-refractivity contribution < 1.29 is 10.2 Å². The Morgan fingerprint density at radius 3 is 2.56 bits per heavy atom. The highest BCUT2D eigenvalue weighted by atomic mass is 16.3. The summed E-state index contributed by atoms with van der Waals surface area (Å²) in [6, 6.07) is 6.73. The van der Waals surface area contributed by atoms with Crippen LogP contribution in [0, 0.1) is 6.92 Å². The van der Waals surface area contributed by atoms with Gasteiger partial charge in [-0.15, -0.1) is 0 Å². The lowest BCUT2D eigenvalue weighted by Gasteiger charge is -2.02. The molecule has 5 nitrogen and oxygen atoms in total. The van der Waals surface area contributed by atoms with E-state index in [1.807, 2.05) is 0 Å². The Kier molecular flexibility index (Phi) is 2.19. The van der Waals surface area contributed by atoms with E-state index in [0.29, 0.717) is 17.0 Å². The lowest BCUT2D eigenvalue weighted by atomic mass is 10.1. The third-order valence-corrected chi connectivity index (χ3v) is 2.81. The van der Waals surface area contributed by atoms with Crippen LogP contribution in [0.5, 0.6) is 11.6 Å². The minimum atomic E-state index is 0.118. The van der Waals surface area contributed by atoms with Crippen molar-refractivity contribution in [1.29, 1.82) is 0 Å². The molecule has 2 aromatic heterocycles. The highest BCUT2D eigenvalue weighted by Crippen LogP contribution is 2.23. The fourth-order valence-corrected chi connectivity index (χ4v) is 1.84. The molecule has 18 heavy (non-hydrogen) atoms. The summed E-state index contributed by atoms with van der Waals surface area (Å²) in [6.45, 7) is 1.74. The van der Waals surface area contributed by atoms with Crippen molar-refractivity contribution in [2.75, 3.05) is 0 Å². The Labute approximate surface area is 103 Å². The normalized spacial score (nSPS) is 10.9. The Hall–Kier alpha value is -2.56. The summed E-state index contributed by atoms with van der Waals surface area (Å²) < 4.78 is 1.59. The molecule has 0 amide bonds. The van der Waals surface area contributed by atoms with Gasteiger partial charge in [-0.1, -0.05) is 0 Å². The molecule has 2 heterocycles. The fourth-order valence-electron chi connectivity index (χ4n) is 1.84. The molecule has 0 saturated heterocycles. The van der Waals surface area contributed by atoms with Crippen LogP contribution >= 0.6 is 0 Å². The average Bonchev–Trinajstić information content (AvgIpc) is 2.66. The number of rotatable bonds is 1. The Morgan fingerprint density at radius 2 is 1.83 bits per heavy atom. The van der Waals surface area contributed by atoms with Crippen molar-refractivity contribution >= 4 is 5.65 Å². The number of aromatic hydroxyl groups is 2. The summed E-state index contributed by atoms with van der Waals surface area (Å²) in [4.78, 5) is 8.46. The van der Waals surface area contributed by atoms with Gasteiger partial charge in [-0.25, -0.2) is 4.98 Å². The minimum Gasteiger partial charge on any atom is -0.508 e. The molecule has 2 N–H and O–H groups in total. The van der Waals surface area contributed by atoms with E-state index in [9.17, 15) is 10.2 Å². The largest absolute Gasteiger partial charge is 0.508 e. The molecule has 0 spiro atoms. The number of benzene rings is 1. The van der Waals surface area contributed by atoms with E-state index in [1.54, 1.807) is 48.0 Å². The van der Waals surface area contributed by atoms with Crippen molar-refractivity contribution in [3.05, 3.63) is 42.4 Å². The molecule has 90 valence electrons. The molecule has 0 bridgehead atoms. The molecule has 0 radical (unpaired) electrons. The Morgan fingerprint density at radius 1 is 1.11 bits per heavy atom. The number of phenolic OH excluding ortho intramolecular Hbond substituents is 1. The zero-order chi connectivity index (χ0) is 12.7. The molecular weight excluding hydrogens is 230 g/mol. The van der Waals surface area contributed by atoms with Gasteiger partial charge < -0.3 is 10.2 Å². The van der Waals surface area contributed by atoms with E-state index >= 15 is 0 Å². The van der Waals surface area contributed by atoms with Crippen molar-refractivity contribution in [2.24, 2.45) is 0 Å². The Bertz CT molecular complexity index is 717. The SMILES string of the molecule is Cc1nc2cnc(-c3ccc(O)cc3)cn2c1O. The van der Waals surface area contributed by atoms with Crippen LogP contribution in [0.1, 0.15) is 5.69 Å². The third-order valence-electron chi connectivity index (χ3n) is 2.81. The molecule has 1 aromatic carbocycles. The molecule has 3 rings (SSSR count). The molecule has 0 aliphatic rings. The van der Waals surface area contributed by atoms with Crippen LogP contribution < -0.4 is 0 Å². The molecular formula is C13H11N3O2. The second-order valence-electron chi connectivity index (χ2n) is 4.07. The lowest BCUT2D eigenvalue weighted by molar-refractivity contribution is 0.444. The van der Waals surface area contributed by atoms with E-state index in [-0.39, 0.29) is 11.6 Å². The van der Waals surface area contributed by atoms with Crippen molar-refractivity contribution in [3.8, 4) is 22.9 Å². The summed E-state index contributed by atoms with van der Waals surface area (Å²) in [5.74, 6) is 0.327. The van der Waals surface area contributed by atoms with Gasteiger partial charge in [0.05, 0.1) is 11.9 Å². The number of fused-ring (bicyclic) bond motifs is 1. The standard InChI is InChI=1S/C13H11N3O2/c1-8-13(18)16-7-11(14-6-12(16)15-8)9-2-4-10(17)5-3-9/h2-7,17-18H,1H3. The van der Waals surface area contributed by atoms with Crippen molar-refractivity contribution in [1.82, 2.24) is 14.4 Å². The summed E-state index contributed by atoms with van der Waals surface area (Å²) >= 11 is 0. The molecule has 0 fully saturated rings. The van der Waals surface area contributed by atoms with E-state index in [2.05, 4.69) is 9.97 Å². The quantitative estimate of drug-likeness (QED) is 0.684. The number of hydrogen-bond acceptors (Lipinski definition) is 4. The van der Waals surface area contributed by atoms with Gasteiger partial charge in [-0.2, -0.15) is 0 Å². The maximum absolute atomic E-state index is 9.85. The van der Waals surface area contributed by atoms with Crippen LogP contribution in [0.15, 0.2) is 36.7 Å². The zero-order valence-corrected chi connectivity index (χ0v) is 9.70. The third kappa shape index (κ3) is 1.57. The van der Waals surface area contributed by atoms with Crippen LogP contribution in [0.3, 0.4) is 0 Å². The zero-order valence-electron chi connectivity index (χ0n) is 9.70. The molecule has 0 aliphatic heterocycles. The number of phenols is 1. The van der Waals surface area contributed by atoms with E-state index < -0.39 is 0 Å². The van der Waals surface area contributed by atoms with Crippen LogP contribution in [-0.4, -0.2) is 24.6 Å². The molecule has 0 atom stereocenters. The highest BCUT2D eigenvalue weighted by Gasteiger charge is 2.08. The topological polar surface area (TPSA) is 70.7 Å². The van der Waals surface area contributed by atoms with Crippen LogP contribution in [0.4, 0.5) is 0 Å². The van der Waals surface area contributed by atoms with Gasteiger partial charge in [0.15, 0.2) is 5.65 Å². The second-order valence-corrected chi connectivity index (χ2v) is 4.07. The lowest BCUT2D eigenvalue weighted by Crippen LogP contribution is -1.90. The first-order valence-electron chi connectivity index (χ1n) is 5.48. The monoisotopic (exact) mass is 241 g/mol. The van der Waals surface area contributed by atoms with Crippen LogP contribution in [-0.2, 0) is 0 Å². The van der Waals surface area contributed by atoms with E-state index in [1.165, 1.54) is 0 Å². The molecule has 5 heteroatoms. The van der Waals surface area contributed by atoms with Gasteiger partial charge in [-0.05, 0) is 31.2 Å². The van der Waals surface area contributed by atoms with Crippen LogP contribution in [0.2, 0.25) is 0 Å². The fraction of sp³-hybridized carbons (Fsp3) is 0.0769. The number of nitrogens with zero attached hydrogens (tertiary/aromatic N) is 3. The number of hydrogen-bond donors (Lipinski definition) is 2. The van der Waals surface area contributed by atoms with Gasteiger partial charge in [0.2, 0.25) is 5.88 Å². The van der Waals surface area contributed by atoms with Crippen molar-refractivity contribution in [2.45, 2.75) is 6.92 Å². The van der Waals surface area contributed by atoms with Gasteiger partial charge >= 0.3 is 0 Å². The maximum Gasteiger partial charge on any atom is 0.219 e. The second kappa shape index (κ2) is 3.73. The first kappa shape index (κ1) is 10.6. The maximum atomic E-state index is 9.85. The highest BCUT2D eigenvalue weighted by molar-refractivity contribution is 5.61. The Balaban J connectivity index is 2.18. The van der Waals surface area contributed by atoms with Crippen LogP contribution in [0.25, 0.3) is 16.9 Å². The molecule has 0 saturated carbocycles. The van der Waals surface area contributed by atoms with E-state index in [4.69, 9.17) is 0 Å². The minimum absolute atomic E-state index is 0.118. The summed E-state index contributed by atoms with van der Waals surface area (Å²) in [7, 11) is 0. The van der Waals surface area contributed by atoms with E-state index in [0.717, 1.165) is 5.56 Å². The van der Waals surface area contributed by atoms with Gasteiger partial charge in [0.1, 0.15) is 11.4 Å². The summed E-state index contributed by atoms with van der Waals surface area (Å²) in [5, 5.41) is 19.1. The smallest absolute Gasteiger partial charge is 0.219 e. The predicted octanol–water partition coefficient (Wildman–Crippen LogP) is 2.12. The van der Waals surface area contributed by atoms with Gasteiger partial charge in [-0.3, -0.25) is 9.38 Å². The summed E-state index contributed by atoms with van der Waals surface area (Å²) in [6.07, 6.45) is 3.33. The van der Waals surface area contributed by atoms with Gasteiger partial charge in [0.25, 0.3) is 0 Å². The first-order chi connectivity index (χ1) is 8.65. The number of aryl methyl sites for hydroxylation is 1. The molecule has 0 aliphatic carbocycles. The molecule has 0 unspecified atom stereocenters.